The van der Waals surface area contributed by atoms with Crippen molar-refractivity contribution < 1.29 is 23.9 Å². The topological polar surface area (TPSA) is 118 Å². The number of ether oxygens (including phenoxy) is 1. The van der Waals surface area contributed by atoms with Crippen LogP contribution in [-0.2, 0) is 0 Å². The molecule has 8 nitrogen and oxygen atoms in total. The molecule has 1 aromatic carbocycles. The van der Waals surface area contributed by atoms with Crippen LogP contribution in [0.15, 0.2) is 71.2 Å². The number of alkyl halides is 2. The number of rotatable bonds is 6. The lowest BCUT2D eigenvalue weighted by molar-refractivity contribution is -0.556. The fourth-order valence-corrected chi connectivity index (χ4v) is 3.33. The molecular weight excluding hydrogens is 432 g/mol. The van der Waals surface area contributed by atoms with Crippen molar-refractivity contribution in [1.82, 2.24) is 14.5 Å². The summed E-state index contributed by atoms with van der Waals surface area (Å²) in [6.45, 7) is -0.833. The summed E-state index contributed by atoms with van der Waals surface area (Å²) in [7, 11) is 1.83. The number of pyridine rings is 1. The third-order valence-electron chi connectivity index (χ3n) is 4.82. The van der Waals surface area contributed by atoms with Crippen LogP contribution >= 0.6 is 0 Å². The van der Waals surface area contributed by atoms with Crippen LogP contribution in [0.4, 0.5) is 8.78 Å². The molecule has 2 aromatic heterocycles. The van der Waals surface area contributed by atoms with Crippen LogP contribution in [0.2, 0.25) is 0 Å². The molecule has 168 valence electrons. The van der Waals surface area contributed by atoms with E-state index in [1.54, 1.807) is 29.7 Å². The number of nitrogens with one attached hydrogen (secondary N) is 1. The summed E-state index contributed by atoms with van der Waals surface area (Å²) in [6.07, 6.45) is 4.01. The highest BCUT2D eigenvalue weighted by Gasteiger charge is 2.19. The predicted molar refractivity (Wildman–Crippen MR) is 119 cm³/mol. The van der Waals surface area contributed by atoms with Gasteiger partial charge in [-0.2, -0.15) is 4.98 Å². The van der Waals surface area contributed by atoms with Gasteiger partial charge in [0.05, 0.1) is 24.0 Å². The Morgan fingerprint density at radius 3 is 2.64 bits per heavy atom. The number of phenols is 1. The van der Waals surface area contributed by atoms with Crippen molar-refractivity contribution in [3.63, 3.8) is 0 Å². The monoisotopic (exact) mass is 452 g/mol. The van der Waals surface area contributed by atoms with E-state index in [1.807, 2.05) is 7.05 Å². The molecule has 0 bridgehead atoms. The second kappa shape index (κ2) is 9.13. The summed E-state index contributed by atoms with van der Waals surface area (Å²) in [5.74, 6) is -0.0560. The Balaban J connectivity index is 1.95. The van der Waals surface area contributed by atoms with E-state index in [0.29, 0.717) is 28.1 Å². The van der Waals surface area contributed by atoms with Crippen LogP contribution in [-0.4, -0.2) is 45.4 Å². The van der Waals surface area contributed by atoms with E-state index in [-0.39, 0.29) is 23.0 Å². The summed E-state index contributed by atoms with van der Waals surface area (Å²) < 4.78 is 31.5. The Labute approximate surface area is 186 Å². The third-order valence-corrected chi connectivity index (χ3v) is 4.82. The number of fused-ring (bicyclic) bond motifs is 1. The molecule has 1 aliphatic rings. The molecular formula is C23H20F2N5O3+. The van der Waals surface area contributed by atoms with Gasteiger partial charge in [-0.25, -0.2) is 13.8 Å². The van der Waals surface area contributed by atoms with Gasteiger partial charge in [-0.15, -0.1) is 0 Å². The number of halogens is 2. The number of quaternary nitrogens is 1. The molecule has 0 saturated heterocycles. The molecule has 2 heterocycles. The van der Waals surface area contributed by atoms with Crippen molar-refractivity contribution in [2.24, 2.45) is 0 Å². The van der Waals surface area contributed by atoms with Crippen LogP contribution in [0.1, 0.15) is 5.69 Å². The lowest BCUT2D eigenvalue weighted by atomic mass is 9.99. The summed E-state index contributed by atoms with van der Waals surface area (Å²) in [6, 6.07) is 8.85. The van der Waals surface area contributed by atoms with Crippen LogP contribution in [0, 0.1) is 5.41 Å². The minimum atomic E-state index is -2.67. The number of benzene rings is 1. The molecule has 3 aromatic rings. The van der Waals surface area contributed by atoms with E-state index in [4.69, 9.17) is 10.1 Å². The lowest BCUT2D eigenvalue weighted by Crippen LogP contribution is -2.73. The standard InChI is InChI=1S/C23H19F2N5O3/c1-27-11-14-10-13(2-7-17(14)26)21-23(32)30(15-3-5-16(31)6-4-15)22-18(28-21)8-9-20(29-22)33-12-19(24)25/h2-11,19,26-27,31H,12H2,1H3/p+1/b14-11-,26-17?. The van der Waals surface area contributed by atoms with Crippen LogP contribution < -0.4 is 15.6 Å². The lowest BCUT2D eigenvalue weighted by Gasteiger charge is -2.15. The number of aromatic hydroxyl groups is 1. The van der Waals surface area contributed by atoms with Crippen molar-refractivity contribution in [3.05, 3.63) is 82.4 Å². The fraction of sp³-hybridized carbons (Fsp3) is 0.130. The average Bonchev–Trinajstić information content (AvgIpc) is 2.80. The summed E-state index contributed by atoms with van der Waals surface area (Å²) >= 11 is 0. The van der Waals surface area contributed by atoms with E-state index < -0.39 is 18.6 Å². The Bertz CT molecular complexity index is 1380. The second-order valence-corrected chi connectivity index (χ2v) is 7.11. The molecule has 0 aliphatic heterocycles. The van der Waals surface area contributed by atoms with Gasteiger partial charge in [0.1, 0.15) is 23.2 Å². The van der Waals surface area contributed by atoms with Gasteiger partial charge in [0, 0.05) is 11.6 Å². The smallest absolute Gasteiger partial charge is 0.283 e. The Morgan fingerprint density at radius 1 is 1.18 bits per heavy atom. The first-order chi connectivity index (χ1) is 15.9. The van der Waals surface area contributed by atoms with Gasteiger partial charge in [-0.1, -0.05) is 6.08 Å². The van der Waals surface area contributed by atoms with Gasteiger partial charge >= 0.3 is 0 Å². The Kier molecular flexibility index (Phi) is 6.09. The maximum Gasteiger partial charge on any atom is 0.283 e. The summed E-state index contributed by atoms with van der Waals surface area (Å²) in [5.41, 5.74) is 1.92. The maximum atomic E-state index is 13.6. The van der Waals surface area contributed by atoms with Gasteiger partial charge in [0.15, 0.2) is 12.3 Å². The highest BCUT2D eigenvalue weighted by molar-refractivity contribution is 6.12. The quantitative estimate of drug-likeness (QED) is 0.530. The molecule has 10 heteroatoms. The zero-order valence-corrected chi connectivity index (χ0v) is 17.5. The highest BCUT2D eigenvalue weighted by atomic mass is 19.3. The van der Waals surface area contributed by atoms with Crippen molar-refractivity contribution in [2.75, 3.05) is 13.7 Å². The molecule has 0 spiro atoms. The minimum Gasteiger partial charge on any atom is -0.508 e. The molecule has 1 aliphatic carbocycles. The van der Waals surface area contributed by atoms with E-state index in [0.717, 1.165) is 0 Å². The molecule has 4 N–H and O–H groups in total. The molecule has 0 fully saturated rings. The van der Waals surface area contributed by atoms with Crippen LogP contribution in [0.5, 0.6) is 11.6 Å². The normalized spacial score (nSPS) is 14.8. The van der Waals surface area contributed by atoms with Crippen molar-refractivity contribution in [3.8, 4) is 17.3 Å². The first-order valence-corrected chi connectivity index (χ1v) is 10.00. The number of allylic oxidation sites excluding steroid dienone is 5. The van der Waals surface area contributed by atoms with E-state index in [2.05, 4.69) is 9.97 Å². The van der Waals surface area contributed by atoms with Gasteiger partial charge in [-0.3, -0.25) is 9.36 Å². The van der Waals surface area contributed by atoms with Crippen LogP contribution in [0.3, 0.4) is 0 Å². The molecule has 0 radical (unpaired) electrons. The zero-order valence-electron chi connectivity index (χ0n) is 17.5. The molecule has 4 rings (SSSR count). The molecule has 0 unspecified atom stereocenters. The maximum absolute atomic E-state index is 13.6. The van der Waals surface area contributed by atoms with Gasteiger partial charge < -0.3 is 20.6 Å². The van der Waals surface area contributed by atoms with E-state index >= 15 is 0 Å². The number of nitrogens with two attached hydrogens (primary N) is 1. The first kappa shape index (κ1) is 22.0. The number of nitrogens with zero attached hydrogens (tertiary/aromatic N) is 3. The summed E-state index contributed by atoms with van der Waals surface area (Å²) in [4.78, 5) is 22.3. The largest absolute Gasteiger partial charge is 0.508 e. The molecule has 0 amide bonds. The Morgan fingerprint density at radius 2 is 1.94 bits per heavy atom. The second-order valence-electron chi connectivity index (χ2n) is 7.11. The van der Waals surface area contributed by atoms with Gasteiger partial charge in [0.2, 0.25) is 5.88 Å². The van der Waals surface area contributed by atoms with Crippen LogP contribution in [0.25, 0.3) is 22.4 Å². The van der Waals surface area contributed by atoms with Gasteiger partial charge in [0.25, 0.3) is 12.0 Å². The molecule has 0 atom stereocenters. The van der Waals surface area contributed by atoms with Crippen molar-refractivity contribution >= 4 is 22.4 Å². The SMILES string of the molecule is C[NH2+]/C=C1/C=C(c2nc3ccc(OCC(F)F)nc3n(-c3ccc(O)cc3)c2=O)C=CC1=N. The minimum absolute atomic E-state index is 0.0151. The number of hydrogen-bond acceptors (Lipinski definition) is 6. The highest BCUT2D eigenvalue weighted by Crippen LogP contribution is 2.24. The fourth-order valence-electron chi connectivity index (χ4n) is 3.33. The summed E-state index contributed by atoms with van der Waals surface area (Å²) in [5, 5.41) is 19.5. The van der Waals surface area contributed by atoms with Crippen molar-refractivity contribution in [1.29, 1.82) is 5.41 Å². The third kappa shape index (κ3) is 4.55. The number of hydrogen-bond donors (Lipinski definition) is 3. The van der Waals surface area contributed by atoms with E-state index in [9.17, 15) is 18.7 Å². The number of aromatic nitrogens is 3. The molecule has 0 saturated carbocycles. The van der Waals surface area contributed by atoms with E-state index in [1.165, 1.54) is 41.0 Å². The number of phenolic OH excluding ortho intramolecular Hbond substituents is 1. The first-order valence-electron chi connectivity index (χ1n) is 10.00. The average molecular weight is 452 g/mol. The zero-order chi connectivity index (χ0) is 23.5. The Hall–Kier alpha value is -4.18. The van der Waals surface area contributed by atoms with Crippen molar-refractivity contribution in [2.45, 2.75) is 6.43 Å². The molecule has 33 heavy (non-hydrogen) atoms. The predicted octanol–water partition coefficient (Wildman–Crippen LogP) is 2.18. The van der Waals surface area contributed by atoms with Gasteiger partial charge in [-0.05, 0) is 42.5 Å².